The van der Waals surface area contributed by atoms with E-state index < -0.39 is 0 Å². The molecule has 0 bridgehead atoms. The Morgan fingerprint density at radius 3 is 2.75 bits per heavy atom. The lowest BCUT2D eigenvalue weighted by molar-refractivity contribution is 0.181. The largest absolute Gasteiger partial charge is 0.506 e. The third-order valence-corrected chi connectivity index (χ3v) is 3.01. The van der Waals surface area contributed by atoms with Crippen LogP contribution in [0.25, 0.3) is 0 Å². The second kappa shape index (κ2) is 6.98. The van der Waals surface area contributed by atoms with Crippen LogP contribution in [-0.2, 0) is 13.1 Å². The van der Waals surface area contributed by atoms with E-state index in [4.69, 9.17) is 0 Å². The Balaban J connectivity index is 2.11. The highest BCUT2D eigenvalue weighted by atomic mass is 16.3. The first-order valence-electron chi connectivity index (χ1n) is 6.56. The van der Waals surface area contributed by atoms with Crippen molar-refractivity contribution in [3.05, 3.63) is 53.6 Å². The van der Waals surface area contributed by atoms with E-state index in [1.165, 1.54) is 0 Å². The molecule has 2 N–H and O–H groups in total. The zero-order valence-electron chi connectivity index (χ0n) is 11.5. The fraction of sp³-hybridized carbons (Fsp3) is 0.333. The zero-order chi connectivity index (χ0) is 14.4. The van der Waals surface area contributed by atoms with Gasteiger partial charge < -0.3 is 10.2 Å². The van der Waals surface area contributed by atoms with Gasteiger partial charge in [-0.3, -0.25) is 14.9 Å². The van der Waals surface area contributed by atoms with E-state index in [0.29, 0.717) is 25.3 Å². The van der Waals surface area contributed by atoms with Crippen LogP contribution >= 0.6 is 0 Å². The van der Waals surface area contributed by atoms with Gasteiger partial charge in [0.2, 0.25) is 0 Å². The Morgan fingerprint density at radius 1 is 1.20 bits per heavy atom. The van der Waals surface area contributed by atoms with Crippen molar-refractivity contribution in [3.63, 3.8) is 0 Å². The van der Waals surface area contributed by atoms with Crippen LogP contribution < -0.4 is 0 Å². The number of hydrogen-bond acceptors (Lipinski definition) is 5. The predicted molar refractivity (Wildman–Crippen MR) is 76.1 cm³/mol. The molecule has 2 rings (SSSR count). The molecule has 0 spiro atoms. The number of aromatic hydroxyl groups is 1. The second-order valence-electron chi connectivity index (χ2n) is 4.71. The summed E-state index contributed by atoms with van der Waals surface area (Å²) in [6.45, 7) is 3.61. The number of aliphatic hydroxyl groups is 1. The lowest BCUT2D eigenvalue weighted by Crippen LogP contribution is -2.26. The normalized spacial score (nSPS) is 10.9. The third kappa shape index (κ3) is 4.01. The lowest BCUT2D eigenvalue weighted by atomic mass is 10.2. The van der Waals surface area contributed by atoms with Gasteiger partial charge in [-0.15, -0.1) is 0 Å². The van der Waals surface area contributed by atoms with E-state index in [9.17, 15) is 10.2 Å². The van der Waals surface area contributed by atoms with Crippen LogP contribution in [0.2, 0.25) is 0 Å². The van der Waals surface area contributed by atoms with Crippen molar-refractivity contribution in [3.8, 4) is 5.75 Å². The summed E-state index contributed by atoms with van der Waals surface area (Å²) in [6, 6.07) is 7.30. The van der Waals surface area contributed by atoms with Gasteiger partial charge in [-0.2, -0.15) is 0 Å². The second-order valence-corrected chi connectivity index (χ2v) is 4.71. The van der Waals surface area contributed by atoms with E-state index in [-0.39, 0.29) is 12.4 Å². The highest BCUT2D eigenvalue weighted by Gasteiger charge is 2.11. The van der Waals surface area contributed by atoms with E-state index in [1.807, 2.05) is 24.0 Å². The summed E-state index contributed by atoms with van der Waals surface area (Å²) in [7, 11) is 0. The van der Waals surface area contributed by atoms with Crippen LogP contribution in [0.5, 0.6) is 5.75 Å². The van der Waals surface area contributed by atoms with Gasteiger partial charge in [-0.05, 0) is 30.7 Å². The van der Waals surface area contributed by atoms with Crippen molar-refractivity contribution < 1.29 is 10.2 Å². The van der Waals surface area contributed by atoms with Gasteiger partial charge in [0.15, 0.2) is 0 Å². The summed E-state index contributed by atoms with van der Waals surface area (Å²) in [5.74, 6) is 0.185. The summed E-state index contributed by atoms with van der Waals surface area (Å²) in [6.07, 6.45) is 3.53. The van der Waals surface area contributed by atoms with Gasteiger partial charge in [0.25, 0.3) is 0 Å². The molecule has 0 aliphatic rings. The minimum Gasteiger partial charge on any atom is -0.506 e. The molecule has 0 unspecified atom stereocenters. The smallest absolute Gasteiger partial charge is 0.138 e. The van der Waals surface area contributed by atoms with Crippen molar-refractivity contribution in [2.24, 2.45) is 0 Å². The molecule has 0 fully saturated rings. The maximum absolute atomic E-state index is 9.85. The number of aryl methyl sites for hydroxylation is 1. The maximum atomic E-state index is 9.85. The van der Waals surface area contributed by atoms with Crippen LogP contribution in [0.4, 0.5) is 0 Å². The van der Waals surface area contributed by atoms with E-state index in [1.54, 1.807) is 24.5 Å². The van der Waals surface area contributed by atoms with Gasteiger partial charge in [-0.25, -0.2) is 0 Å². The van der Waals surface area contributed by atoms with Crippen molar-refractivity contribution in [2.45, 2.75) is 20.0 Å². The molecule has 0 saturated heterocycles. The van der Waals surface area contributed by atoms with Gasteiger partial charge in [0, 0.05) is 37.7 Å². The summed E-state index contributed by atoms with van der Waals surface area (Å²) in [5.41, 5.74) is 2.55. The van der Waals surface area contributed by atoms with Crippen molar-refractivity contribution >= 4 is 0 Å². The highest BCUT2D eigenvalue weighted by Crippen LogP contribution is 2.17. The van der Waals surface area contributed by atoms with Gasteiger partial charge in [-0.1, -0.05) is 6.07 Å². The number of aliphatic hydroxyl groups excluding tert-OH is 1. The number of hydrogen-bond donors (Lipinski definition) is 2. The number of pyridine rings is 2. The van der Waals surface area contributed by atoms with Gasteiger partial charge in [0.05, 0.1) is 12.3 Å². The molecular formula is C15H19N3O2. The highest BCUT2D eigenvalue weighted by molar-refractivity contribution is 5.27. The Bertz CT molecular complexity index is 546. The van der Waals surface area contributed by atoms with E-state index in [2.05, 4.69) is 9.97 Å². The van der Waals surface area contributed by atoms with E-state index >= 15 is 0 Å². The van der Waals surface area contributed by atoms with Crippen LogP contribution in [0.1, 0.15) is 17.0 Å². The molecule has 5 nitrogen and oxygen atoms in total. The third-order valence-electron chi connectivity index (χ3n) is 3.01. The molecule has 0 radical (unpaired) electrons. The summed E-state index contributed by atoms with van der Waals surface area (Å²) < 4.78 is 0. The van der Waals surface area contributed by atoms with Gasteiger partial charge >= 0.3 is 0 Å². The maximum Gasteiger partial charge on any atom is 0.138 e. The van der Waals surface area contributed by atoms with E-state index in [0.717, 1.165) is 11.3 Å². The van der Waals surface area contributed by atoms with Crippen LogP contribution in [0, 0.1) is 6.92 Å². The van der Waals surface area contributed by atoms with Crippen LogP contribution in [-0.4, -0.2) is 38.2 Å². The number of rotatable bonds is 6. The molecule has 0 aliphatic carbocycles. The minimum absolute atomic E-state index is 0.0623. The molecule has 20 heavy (non-hydrogen) atoms. The van der Waals surface area contributed by atoms with Crippen molar-refractivity contribution in [1.29, 1.82) is 0 Å². The molecule has 2 aromatic heterocycles. The topological polar surface area (TPSA) is 69.5 Å². The average Bonchev–Trinajstić information content (AvgIpc) is 2.44. The average molecular weight is 273 g/mol. The summed E-state index contributed by atoms with van der Waals surface area (Å²) in [4.78, 5) is 10.5. The Kier molecular flexibility index (Phi) is 5.03. The Hall–Kier alpha value is -1.98. The van der Waals surface area contributed by atoms with Crippen LogP contribution in [0.15, 0.2) is 36.7 Å². The minimum atomic E-state index is 0.0623. The van der Waals surface area contributed by atoms with Crippen molar-refractivity contribution in [1.82, 2.24) is 14.9 Å². The van der Waals surface area contributed by atoms with Crippen molar-refractivity contribution in [2.75, 3.05) is 13.2 Å². The molecule has 106 valence electrons. The number of aromatic nitrogens is 2. The molecule has 0 aliphatic heterocycles. The fourth-order valence-electron chi connectivity index (χ4n) is 2.04. The van der Waals surface area contributed by atoms with Gasteiger partial charge in [0.1, 0.15) is 5.75 Å². The summed E-state index contributed by atoms with van der Waals surface area (Å²) in [5, 5.41) is 19.0. The molecular weight excluding hydrogens is 254 g/mol. The quantitative estimate of drug-likeness (QED) is 0.834. The SMILES string of the molecule is Cc1ccc(O)c(CN(CCO)Cc2cccnc2)n1. The zero-order valence-corrected chi connectivity index (χ0v) is 11.5. The Labute approximate surface area is 118 Å². The lowest BCUT2D eigenvalue weighted by Gasteiger charge is -2.21. The summed E-state index contributed by atoms with van der Waals surface area (Å²) >= 11 is 0. The first-order valence-corrected chi connectivity index (χ1v) is 6.56. The standard InChI is InChI=1S/C15H19N3O2/c1-12-4-5-15(20)14(17-12)11-18(7-8-19)10-13-3-2-6-16-9-13/h2-6,9,19-20H,7-8,10-11H2,1H3. The molecule has 0 aromatic carbocycles. The fourth-order valence-corrected chi connectivity index (χ4v) is 2.04. The number of nitrogens with zero attached hydrogens (tertiary/aromatic N) is 3. The first-order chi connectivity index (χ1) is 9.69. The molecule has 0 saturated carbocycles. The monoisotopic (exact) mass is 273 g/mol. The predicted octanol–water partition coefficient (Wildman–Crippen LogP) is 1.49. The molecule has 2 heterocycles. The van der Waals surface area contributed by atoms with Crippen LogP contribution in [0.3, 0.4) is 0 Å². The molecule has 0 atom stereocenters. The molecule has 0 amide bonds. The molecule has 5 heteroatoms. The Morgan fingerprint density at radius 2 is 2.05 bits per heavy atom. The molecule has 2 aromatic rings. The first kappa shape index (κ1) is 14.4.